The number of carbonyl (C=O) groups is 1. The molecule has 1 heterocycles. The van der Waals surface area contributed by atoms with Gasteiger partial charge in [-0.2, -0.15) is 0 Å². The number of rotatable bonds is 5. The zero-order valence-electron chi connectivity index (χ0n) is 12.6. The predicted molar refractivity (Wildman–Crippen MR) is 81.5 cm³/mol. The maximum Gasteiger partial charge on any atom is 0.339 e. The lowest BCUT2D eigenvalue weighted by Gasteiger charge is -2.11. The van der Waals surface area contributed by atoms with Crippen LogP contribution in [-0.4, -0.2) is 24.2 Å². The van der Waals surface area contributed by atoms with Crippen LogP contribution < -0.4 is 4.74 Å². The largest absolute Gasteiger partial charge is 0.493 e. The van der Waals surface area contributed by atoms with Crippen molar-refractivity contribution in [1.82, 2.24) is 4.98 Å². The summed E-state index contributed by atoms with van der Waals surface area (Å²) in [4.78, 5) is 16.3. The van der Waals surface area contributed by atoms with E-state index < -0.39 is 0 Å². The minimum atomic E-state index is -0.341. The number of aromatic nitrogens is 1. The van der Waals surface area contributed by atoms with E-state index in [1.54, 1.807) is 19.9 Å². The summed E-state index contributed by atoms with van der Waals surface area (Å²) in [5.74, 6) is 0.447. The van der Waals surface area contributed by atoms with E-state index in [9.17, 15) is 4.79 Å². The number of benzene rings is 1. The van der Waals surface area contributed by atoms with Gasteiger partial charge in [-0.1, -0.05) is 12.1 Å². The first-order valence-electron chi connectivity index (χ1n) is 7.04. The van der Waals surface area contributed by atoms with Gasteiger partial charge in [0.2, 0.25) is 0 Å². The number of nitrogens with zero attached hydrogens (tertiary/aromatic N) is 1. The number of esters is 1. The van der Waals surface area contributed by atoms with Gasteiger partial charge in [-0.3, -0.25) is 4.98 Å². The lowest BCUT2D eigenvalue weighted by molar-refractivity contribution is 0.0525. The second-order valence-corrected chi connectivity index (χ2v) is 4.48. The average Bonchev–Trinajstić information content (AvgIpc) is 2.48. The first kappa shape index (κ1) is 15.0. The number of para-hydroxylation sites is 1. The molecule has 0 radical (unpaired) electrons. The van der Waals surface area contributed by atoms with Crippen molar-refractivity contribution in [2.45, 2.75) is 20.8 Å². The highest BCUT2D eigenvalue weighted by Gasteiger charge is 2.13. The number of ether oxygens (including phenoxy) is 2. The first-order valence-corrected chi connectivity index (χ1v) is 7.04. The van der Waals surface area contributed by atoms with Gasteiger partial charge in [-0.05, 0) is 45.0 Å². The third kappa shape index (κ3) is 3.40. The molecular weight excluding hydrogens is 266 g/mol. The van der Waals surface area contributed by atoms with Crippen LogP contribution in [0.3, 0.4) is 0 Å². The molecule has 0 unspecified atom stereocenters. The van der Waals surface area contributed by atoms with E-state index in [2.05, 4.69) is 4.98 Å². The van der Waals surface area contributed by atoms with Crippen molar-refractivity contribution in [3.8, 4) is 17.0 Å². The van der Waals surface area contributed by atoms with Crippen molar-refractivity contribution in [2.75, 3.05) is 13.2 Å². The Balaban J connectivity index is 2.38. The van der Waals surface area contributed by atoms with Gasteiger partial charge in [-0.25, -0.2) is 4.79 Å². The van der Waals surface area contributed by atoms with Crippen molar-refractivity contribution in [3.63, 3.8) is 0 Å². The highest BCUT2D eigenvalue weighted by molar-refractivity contribution is 5.91. The lowest BCUT2D eigenvalue weighted by atomic mass is 10.1. The van der Waals surface area contributed by atoms with E-state index in [4.69, 9.17) is 9.47 Å². The summed E-state index contributed by atoms with van der Waals surface area (Å²) in [6.07, 6.45) is 0. The molecule has 0 aliphatic carbocycles. The molecule has 0 N–H and O–H groups in total. The zero-order chi connectivity index (χ0) is 15.2. The Morgan fingerprint density at radius 3 is 2.52 bits per heavy atom. The smallest absolute Gasteiger partial charge is 0.339 e. The maximum absolute atomic E-state index is 11.8. The fraction of sp³-hybridized carbons (Fsp3) is 0.294. The Morgan fingerprint density at radius 1 is 1.10 bits per heavy atom. The molecule has 0 saturated carbocycles. The molecule has 0 amide bonds. The fourth-order valence-corrected chi connectivity index (χ4v) is 2.10. The van der Waals surface area contributed by atoms with Crippen LogP contribution in [0, 0.1) is 6.92 Å². The molecule has 1 aromatic heterocycles. The summed E-state index contributed by atoms with van der Waals surface area (Å²) in [6.45, 7) is 6.48. The Hall–Kier alpha value is -2.36. The molecule has 2 rings (SSSR count). The Labute approximate surface area is 124 Å². The molecule has 0 atom stereocenters. The minimum absolute atomic E-state index is 0.341. The average molecular weight is 285 g/mol. The van der Waals surface area contributed by atoms with Gasteiger partial charge in [0.05, 0.1) is 30.2 Å². The van der Waals surface area contributed by atoms with Gasteiger partial charge in [0.15, 0.2) is 0 Å². The SMILES string of the molecule is CCOC(=O)c1ccc(-c2ccccc2OCC)nc1C. The molecule has 0 fully saturated rings. The standard InChI is InChI=1S/C17H19NO3/c1-4-20-16-9-7-6-8-14(16)15-11-10-13(12(3)18-15)17(19)21-5-2/h6-11H,4-5H2,1-3H3. The highest BCUT2D eigenvalue weighted by Crippen LogP contribution is 2.29. The Kier molecular flexibility index (Phi) is 4.93. The first-order chi connectivity index (χ1) is 10.2. The van der Waals surface area contributed by atoms with Crippen molar-refractivity contribution in [1.29, 1.82) is 0 Å². The Morgan fingerprint density at radius 2 is 1.86 bits per heavy atom. The molecule has 0 aliphatic rings. The molecule has 110 valence electrons. The summed E-state index contributed by atoms with van der Waals surface area (Å²) in [5, 5.41) is 0. The number of pyridine rings is 1. The molecular formula is C17H19NO3. The van der Waals surface area contributed by atoms with Crippen molar-refractivity contribution in [2.24, 2.45) is 0 Å². The number of aryl methyl sites for hydroxylation is 1. The van der Waals surface area contributed by atoms with Gasteiger partial charge >= 0.3 is 5.97 Å². The molecule has 21 heavy (non-hydrogen) atoms. The molecule has 0 spiro atoms. The Bertz CT molecular complexity index is 638. The quantitative estimate of drug-likeness (QED) is 0.787. The second kappa shape index (κ2) is 6.88. The summed E-state index contributed by atoms with van der Waals surface area (Å²) >= 11 is 0. The van der Waals surface area contributed by atoms with Gasteiger partial charge in [0.1, 0.15) is 5.75 Å². The molecule has 4 nitrogen and oxygen atoms in total. The van der Waals surface area contributed by atoms with Crippen LogP contribution in [-0.2, 0) is 4.74 Å². The monoisotopic (exact) mass is 285 g/mol. The number of carbonyl (C=O) groups excluding carboxylic acids is 1. The molecule has 1 aromatic carbocycles. The summed E-state index contributed by atoms with van der Waals surface area (Å²) in [5.41, 5.74) is 2.84. The van der Waals surface area contributed by atoms with E-state index in [1.165, 1.54) is 0 Å². The number of hydrogen-bond acceptors (Lipinski definition) is 4. The van der Waals surface area contributed by atoms with E-state index in [0.29, 0.717) is 24.5 Å². The van der Waals surface area contributed by atoms with Crippen molar-refractivity contribution >= 4 is 5.97 Å². The van der Waals surface area contributed by atoms with Gasteiger partial charge in [0, 0.05) is 5.56 Å². The van der Waals surface area contributed by atoms with Crippen molar-refractivity contribution < 1.29 is 14.3 Å². The molecule has 2 aromatic rings. The predicted octanol–water partition coefficient (Wildman–Crippen LogP) is 3.63. The highest BCUT2D eigenvalue weighted by atomic mass is 16.5. The van der Waals surface area contributed by atoms with Crippen LogP contribution in [0.15, 0.2) is 36.4 Å². The van der Waals surface area contributed by atoms with E-state index in [-0.39, 0.29) is 5.97 Å². The molecule has 0 aliphatic heterocycles. The molecule has 0 bridgehead atoms. The normalized spacial score (nSPS) is 10.2. The van der Waals surface area contributed by atoms with E-state index in [1.807, 2.05) is 37.3 Å². The topological polar surface area (TPSA) is 48.4 Å². The van der Waals surface area contributed by atoms with Crippen LogP contribution in [0.25, 0.3) is 11.3 Å². The molecule has 0 saturated heterocycles. The van der Waals surface area contributed by atoms with Crippen LogP contribution in [0.4, 0.5) is 0 Å². The summed E-state index contributed by atoms with van der Waals surface area (Å²) in [7, 11) is 0. The number of hydrogen-bond donors (Lipinski definition) is 0. The van der Waals surface area contributed by atoms with Crippen LogP contribution in [0.2, 0.25) is 0 Å². The van der Waals surface area contributed by atoms with Gasteiger partial charge in [-0.15, -0.1) is 0 Å². The van der Waals surface area contributed by atoms with Crippen LogP contribution in [0.1, 0.15) is 29.9 Å². The minimum Gasteiger partial charge on any atom is -0.493 e. The summed E-state index contributed by atoms with van der Waals surface area (Å²) in [6, 6.07) is 11.3. The van der Waals surface area contributed by atoms with Crippen LogP contribution in [0.5, 0.6) is 5.75 Å². The van der Waals surface area contributed by atoms with Gasteiger partial charge in [0.25, 0.3) is 0 Å². The lowest BCUT2D eigenvalue weighted by Crippen LogP contribution is -2.08. The fourth-order valence-electron chi connectivity index (χ4n) is 2.10. The van der Waals surface area contributed by atoms with E-state index in [0.717, 1.165) is 17.0 Å². The van der Waals surface area contributed by atoms with Crippen molar-refractivity contribution in [3.05, 3.63) is 47.7 Å². The zero-order valence-corrected chi connectivity index (χ0v) is 12.6. The third-order valence-electron chi connectivity index (χ3n) is 3.04. The van der Waals surface area contributed by atoms with Gasteiger partial charge < -0.3 is 9.47 Å². The van der Waals surface area contributed by atoms with Crippen LogP contribution >= 0.6 is 0 Å². The maximum atomic E-state index is 11.8. The summed E-state index contributed by atoms with van der Waals surface area (Å²) < 4.78 is 10.6. The van der Waals surface area contributed by atoms with E-state index >= 15 is 0 Å². The third-order valence-corrected chi connectivity index (χ3v) is 3.04. The second-order valence-electron chi connectivity index (χ2n) is 4.48. The molecule has 4 heteroatoms.